The summed E-state index contributed by atoms with van der Waals surface area (Å²) in [6.45, 7) is 6.26. The number of carbonyl (C=O) groups is 1. The highest BCUT2D eigenvalue weighted by molar-refractivity contribution is 7.21. The molecule has 0 aliphatic heterocycles. The lowest BCUT2D eigenvalue weighted by Crippen LogP contribution is -2.24. The Morgan fingerprint density at radius 3 is 2.86 bits per heavy atom. The second-order valence-electron chi connectivity index (χ2n) is 5.32. The van der Waals surface area contributed by atoms with Gasteiger partial charge in [0, 0.05) is 29.8 Å². The number of hydrogen-bond donors (Lipinski definition) is 1. The predicted octanol–water partition coefficient (Wildman–Crippen LogP) is 4.35. The Kier molecular flexibility index (Phi) is 6.03. The van der Waals surface area contributed by atoms with Gasteiger partial charge in [-0.3, -0.25) is 4.79 Å². The van der Waals surface area contributed by atoms with E-state index >= 15 is 0 Å². The van der Waals surface area contributed by atoms with Gasteiger partial charge in [0.05, 0.1) is 5.02 Å². The molecule has 2 rings (SSSR count). The van der Waals surface area contributed by atoms with Crippen molar-refractivity contribution in [3.8, 4) is 0 Å². The van der Waals surface area contributed by atoms with Crippen LogP contribution in [0.5, 0.6) is 0 Å². The Morgan fingerprint density at radius 2 is 2.14 bits per heavy atom. The molecule has 2 aromatic rings. The summed E-state index contributed by atoms with van der Waals surface area (Å²) in [7, 11) is 0. The van der Waals surface area contributed by atoms with Gasteiger partial charge in [-0.05, 0) is 18.4 Å². The quantitative estimate of drug-likeness (QED) is 0.769. The Balaban J connectivity index is 1.84. The second-order valence-corrected chi connectivity index (χ2v) is 6.75. The van der Waals surface area contributed by atoms with Crippen LogP contribution in [0, 0.1) is 5.92 Å². The second kappa shape index (κ2) is 7.78. The van der Waals surface area contributed by atoms with E-state index in [-0.39, 0.29) is 5.91 Å². The van der Waals surface area contributed by atoms with Crippen LogP contribution in [0.4, 0.5) is 0 Å². The summed E-state index contributed by atoms with van der Waals surface area (Å²) in [4.78, 5) is 12.7. The summed E-state index contributed by atoms with van der Waals surface area (Å²) >= 11 is 7.70. The summed E-state index contributed by atoms with van der Waals surface area (Å²) in [6, 6.07) is 7.78. The Hall–Kier alpha value is -1.10. The van der Waals surface area contributed by atoms with Crippen LogP contribution in [0.1, 0.15) is 29.9 Å². The molecule has 114 valence electrons. The molecule has 0 saturated heterocycles. The fraction of sp³-hybridized carbons (Fsp3) is 0.438. The minimum Gasteiger partial charge on any atom is -0.381 e. The van der Waals surface area contributed by atoms with E-state index < -0.39 is 0 Å². The number of thiophene rings is 1. The van der Waals surface area contributed by atoms with E-state index in [1.165, 1.54) is 11.3 Å². The maximum atomic E-state index is 12.2. The number of benzene rings is 1. The summed E-state index contributed by atoms with van der Waals surface area (Å²) in [5.74, 6) is 0.432. The molecule has 0 bridgehead atoms. The SMILES string of the molecule is CC(C)COCCCNC(=O)c1sc2ccccc2c1Cl. The minimum absolute atomic E-state index is 0.106. The van der Waals surface area contributed by atoms with Gasteiger partial charge in [0.2, 0.25) is 0 Å². The number of carbonyl (C=O) groups excluding carboxylic acids is 1. The van der Waals surface area contributed by atoms with Crippen molar-refractivity contribution in [3.63, 3.8) is 0 Å². The fourth-order valence-electron chi connectivity index (χ4n) is 1.94. The Labute approximate surface area is 134 Å². The number of nitrogens with one attached hydrogen (secondary N) is 1. The highest BCUT2D eigenvalue weighted by Crippen LogP contribution is 2.34. The molecule has 0 atom stereocenters. The molecule has 1 N–H and O–H groups in total. The first-order chi connectivity index (χ1) is 10.1. The van der Waals surface area contributed by atoms with E-state index in [1.54, 1.807) is 0 Å². The van der Waals surface area contributed by atoms with Crippen LogP contribution >= 0.6 is 22.9 Å². The lowest BCUT2D eigenvalue weighted by atomic mass is 10.2. The third-order valence-electron chi connectivity index (χ3n) is 2.94. The molecule has 0 spiro atoms. The molecule has 1 heterocycles. The summed E-state index contributed by atoms with van der Waals surface area (Å²) in [5.41, 5.74) is 0. The van der Waals surface area contributed by atoms with Crippen molar-refractivity contribution in [2.45, 2.75) is 20.3 Å². The van der Waals surface area contributed by atoms with Gasteiger partial charge in [-0.15, -0.1) is 11.3 Å². The van der Waals surface area contributed by atoms with Crippen LogP contribution in [0.15, 0.2) is 24.3 Å². The monoisotopic (exact) mass is 325 g/mol. The van der Waals surface area contributed by atoms with E-state index in [1.807, 2.05) is 24.3 Å². The zero-order valence-electron chi connectivity index (χ0n) is 12.3. The first-order valence-corrected chi connectivity index (χ1v) is 8.32. The molecular weight excluding hydrogens is 306 g/mol. The lowest BCUT2D eigenvalue weighted by molar-refractivity contribution is 0.0928. The molecule has 3 nitrogen and oxygen atoms in total. The molecule has 1 amide bonds. The van der Waals surface area contributed by atoms with Crippen LogP contribution in [-0.4, -0.2) is 25.7 Å². The van der Waals surface area contributed by atoms with E-state index in [9.17, 15) is 4.79 Å². The molecule has 5 heteroatoms. The van der Waals surface area contributed by atoms with Crippen LogP contribution in [-0.2, 0) is 4.74 Å². The molecule has 0 fully saturated rings. The van der Waals surface area contributed by atoms with Crippen molar-refractivity contribution in [1.82, 2.24) is 5.32 Å². The van der Waals surface area contributed by atoms with E-state index in [0.717, 1.165) is 23.1 Å². The molecule has 1 aromatic carbocycles. The number of hydrogen-bond acceptors (Lipinski definition) is 3. The van der Waals surface area contributed by atoms with Gasteiger partial charge >= 0.3 is 0 Å². The summed E-state index contributed by atoms with van der Waals surface area (Å²) < 4.78 is 6.51. The number of rotatable bonds is 7. The molecule has 1 aromatic heterocycles. The maximum Gasteiger partial charge on any atom is 0.262 e. The molecule has 0 radical (unpaired) electrons. The van der Waals surface area contributed by atoms with Crippen LogP contribution in [0.2, 0.25) is 5.02 Å². The summed E-state index contributed by atoms with van der Waals surface area (Å²) in [5, 5.41) is 4.38. The highest BCUT2D eigenvalue weighted by Gasteiger charge is 2.16. The number of amides is 1. The van der Waals surface area contributed by atoms with Crippen molar-refractivity contribution in [3.05, 3.63) is 34.2 Å². The van der Waals surface area contributed by atoms with Gasteiger partial charge in [-0.2, -0.15) is 0 Å². The first kappa shape index (κ1) is 16.3. The predicted molar refractivity (Wildman–Crippen MR) is 89.4 cm³/mol. The zero-order valence-corrected chi connectivity index (χ0v) is 13.9. The minimum atomic E-state index is -0.106. The van der Waals surface area contributed by atoms with Crippen molar-refractivity contribution < 1.29 is 9.53 Å². The van der Waals surface area contributed by atoms with Gasteiger partial charge < -0.3 is 10.1 Å². The zero-order chi connectivity index (χ0) is 15.2. The molecule has 0 saturated carbocycles. The fourth-order valence-corrected chi connectivity index (χ4v) is 3.37. The third-order valence-corrected chi connectivity index (χ3v) is 4.62. The topological polar surface area (TPSA) is 38.3 Å². The van der Waals surface area contributed by atoms with Gasteiger partial charge in [0.15, 0.2) is 0 Å². The number of fused-ring (bicyclic) bond motifs is 1. The smallest absolute Gasteiger partial charge is 0.262 e. The average molecular weight is 326 g/mol. The Morgan fingerprint density at radius 1 is 1.38 bits per heavy atom. The normalized spacial score (nSPS) is 11.2. The Bertz CT molecular complexity index is 609. The van der Waals surface area contributed by atoms with Gasteiger partial charge in [-0.1, -0.05) is 43.6 Å². The number of ether oxygens (including phenoxy) is 1. The highest BCUT2D eigenvalue weighted by atomic mass is 35.5. The average Bonchev–Trinajstić information content (AvgIpc) is 2.80. The molecule has 0 aliphatic carbocycles. The molecule has 0 aliphatic rings. The van der Waals surface area contributed by atoms with E-state index in [4.69, 9.17) is 16.3 Å². The van der Waals surface area contributed by atoms with Gasteiger partial charge in [0.25, 0.3) is 5.91 Å². The standard InChI is InChI=1S/C16H20ClNO2S/c1-11(2)10-20-9-5-8-18-16(19)15-14(17)12-6-3-4-7-13(12)21-15/h3-4,6-7,11H,5,8-10H2,1-2H3,(H,18,19). The number of halogens is 1. The first-order valence-electron chi connectivity index (χ1n) is 7.12. The molecule has 21 heavy (non-hydrogen) atoms. The van der Waals surface area contributed by atoms with Crippen molar-refractivity contribution in [2.24, 2.45) is 5.92 Å². The van der Waals surface area contributed by atoms with Crippen molar-refractivity contribution in [2.75, 3.05) is 19.8 Å². The molecular formula is C16H20ClNO2S. The maximum absolute atomic E-state index is 12.2. The van der Waals surface area contributed by atoms with Crippen molar-refractivity contribution >= 4 is 38.9 Å². The summed E-state index contributed by atoms with van der Waals surface area (Å²) in [6.07, 6.45) is 0.807. The van der Waals surface area contributed by atoms with Gasteiger partial charge in [-0.25, -0.2) is 0 Å². The van der Waals surface area contributed by atoms with E-state index in [2.05, 4.69) is 19.2 Å². The van der Waals surface area contributed by atoms with Crippen molar-refractivity contribution in [1.29, 1.82) is 0 Å². The largest absolute Gasteiger partial charge is 0.381 e. The molecule has 0 unspecified atom stereocenters. The van der Waals surface area contributed by atoms with Gasteiger partial charge in [0.1, 0.15) is 4.88 Å². The lowest BCUT2D eigenvalue weighted by Gasteiger charge is -2.07. The van der Waals surface area contributed by atoms with Crippen LogP contribution < -0.4 is 5.32 Å². The van der Waals surface area contributed by atoms with Crippen LogP contribution in [0.25, 0.3) is 10.1 Å². The van der Waals surface area contributed by atoms with Crippen LogP contribution in [0.3, 0.4) is 0 Å². The third kappa shape index (κ3) is 4.43. The van der Waals surface area contributed by atoms with E-state index in [0.29, 0.717) is 29.0 Å².